The second kappa shape index (κ2) is 3.59. The van der Waals surface area contributed by atoms with Crippen molar-refractivity contribution in [2.45, 2.75) is 19.9 Å². The molecule has 0 bridgehead atoms. The zero-order valence-corrected chi connectivity index (χ0v) is 9.10. The summed E-state index contributed by atoms with van der Waals surface area (Å²) in [6, 6.07) is 6.10. The summed E-state index contributed by atoms with van der Waals surface area (Å²) < 4.78 is 5.24. The van der Waals surface area contributed by atoms with E-state index in [2.05, 4.69) is 19.1 Å². The molecule has 0 saturated heterocycles. The average Bonchev–Trinajstić information content (AvgIpc) is 2.73. The van der Waals surface area contributed by atoms with Gasteiger partial charge in [-0.05, 0) is 32.0 Å². The fourth-order valence-corrected chi connectivity index (χ4v) is 2.32. The summed E-state index contributed by atoms with van der Waals surface area (Å²) >= 11 is 1.73. The van der Waals surface area contributed by atoms with Crippen LogP contribution in [0.5, 0.6) is 0 Å². The molecule has 1 atom stereocenters. The summed E-state index contributed by atoms with van der Waals surface area (Å²) in [6.45, 7) is 4.01. The Morgan fingerprint density at radius 2 is 2.14 bits per heavy atom. The predicted molar refractivity (Wildman–Crippen MR) is 58.5 cm³/mol. The first-order chi connectivity index (χ1) is 6.66. The van der Waals surface area contributed by atoms with Crippen molar-refractivity contribution >= 4 is 11.3 Å². The van der Waals surface area contributed by atoms with Crippen molar-refractivity contribution in [3.63, 3.8) is 0 Å². The summed E-state index contributed by atoms with van der Waals surface area (Å²) in [5, 5.41) is 0. The van der Waals surface area contributed by atoms with Crippen molar-refractivity contribution < 1.29 is 4.42 Å². The summed E-state index contributed by atoms with van der Waals surface area (Å²) in [4.78, 5) is 2.47. The summed E-state index contributed by atoms with van der Waals surface area (Å²) in [5.74, 6) is 0.906. The Bertz CT molecular complexity index is 390. The Hall–Kier alpha value is -1.06. The molecule has 0 spiro atoms. The molecule has 0 amide bonds. The maximum absolute atomic E-state index is 6.09. The molecule has 2 heterocycles. The molecule has 2 nitrogen and oxygen atoms in total. The first-order valence-corrected chi connectivity index (χ1v) is 5.35. The molecule has 14 heavy (non-hydrogen) atoms. The molecule has 1 unspecified atom stereocenters. The van der Waals surface area contributed by atoms with Gasteiger partial charge >= 0.3 is 0 Å². The van der Waals surface area contributed by atoms with Gasteiger partial charge in [0.05, 0.1) is 12.3 Å². The van der Waals surface area contributed by atoms with Gasteiger partial charge in [-0.1, -0.05) is 0 Å². The van der Waals surface area contributed by atoms with Gasteiger partial charge in [0, 0.05) is 15.3 Å². The van der Waals surface area contributed by atoms with Gasteiger partial charge in [-0.2, -0.15) is 0 Å². The largest absolute Gasteiger partial charge is 0.469 e. The molecule has 0 radical (unpaired) electrons. The van der Waals surface area contributed by atoms with Crippen LogP contribution in [0.3, 0.4) is 0 Å². The summed E-state index contributed by atoms with van der Waals surface area (Å²) in [5.41, 5.74) is 7.14. The maximum atomic E-state index is 6.09. The van der Waals surface area contributed by atoms with Crippen LogP contribution < -0.4 is 5.73 Å². The highest BCUT2D eigenvalue weighted by atomic mass is 32.1. The van der Waals surface area contributed by atoms with Gasteiger partial charge in [-0.3, -0.25) is 0 Å². The van der Waals surface area contributed by atoms with Crippen molar-refractivity contribution in [2.75, 3.05) is 0 Å². The molecule has 0 saturated carbocycles. The smallest absolute Gasteiger partial charge is 0.101 e. The Morgan fingerprint density at radius 1 is 1.36 bits per heavy atom. The fraction of sp³-hybridized carbons (Fsp3) is 0.273. The lowest BCUT2D eigenvalue weighted by Crippen LogP contribution is -2.08. The van der Waals surface area contributed by atoms with Crippen molar-refractivity contribution in [1.82, 2.24) is 0 Å². The van der Waals surface area contributed by atoms with Crippen LogP contribution in [-0.2, 0) is 0 Å². The SMILES string of the molecule is Cc1cc(C(N)c2ccc(C)s2)co1. The molecule has 74 valence electrons. The van der Waals surface area contributed by atoms with Crippen LogP contribution in [0.25, 0.3) is 0 Å². The highest BCUT2D eigenvalue weighted by molar-refractivity contribution is 7.12. The second-order valence-electron chi connectivity index (χ2n) is 3.42. The number of thiophene rings is 1. The van der Waals surface area contributed by atoms with Crippen molar-refractivity contribution in [3.05, 3.63) is 45.5 Å². The number of aryl methyl sites for hydroxylation is 2. The van der Waals surface area contributed by atoms with Crippen LogP contribution in [0.1, 0.15) is 27.1 Å². The third-order valence-corrected chi connectivity index (χ3v) is 3.26. The van der Waals surface area contributed by atoms with Crippen LogP contribution >= 0.6 is 11.3 Å². The Morgan fingerprint density at radius 3 is 2.64 bits per heavy atom. The average molecular weight is 207 g/mol. The molecule has 0 aliphatic rings. The number of furan rings is 1. The molecular weight excluding hydrogens is 194 g/mol. The van der Waals surface area contributed by atoms with E-state index in [0.717, 1.165) is 11.3 Å². The van der Waals surface area contributed by atoms with E-state index in [-0.39, 0.29) is 6.04 Å². The van der Waals surface area contributed by atoms with Gasteiger partial charge in [0.15, 0.2) is 0 Å². The first kappa shape index (κ1) is 9.49. The van der Waals surface area contributed by atoms with E-state index in [0.29, 0.717) is 0 Å². The molecular formula is C11H13NOS. The van der Waals surface area contributed by atoms with Crippen molar-refractivity contribution in [2.24, 2.45) is 5.73 Å². The van der Waals surface area contributed by atoms with Gasteiger partial charge in [0.25, 0.3) is 0 Å². The molecule has 0 aliphatic heterocycles. The van der Waals surface area contributed by atoms with E-state index in [1.807, 2.05) is 13.0 Å². The lowest BCUT2D eigenvalue weighted by Gasteiger charge is -2.05. The van der Waals surface area contributed by atoms with Crippen LogP contribution in [0.15, 0.2) is 28.9 Å². The summed E-state index contributed by atoms with van der Waals surface area (Å²) in [7, 11) is 0. The topological polar surface area (TPSA) is 39.2 Å². The lowest BCUT2D eigenvalue weighted by molar-refractivity contribution is 0.530. The number of rotatable bonds is 2. The molecule has 2 rings (SSSR count). The molecule has 2 aromatic rings. The number of hydrogen-bond acceptors (Lipinski definition) is 3. The van der Waals surface area contributed by atoms with Gasteiger partial charge in [-0.25, -0.2) is 0 Å². The Labute approximate surface area is 87.4 Å². The van der Waals surface area contributed by atoms with Crippen LogP contribution in [0, 0.1) is 13.8 Å². The van der Waals surface area contributed by atoms with Gasteiger partial charge in [0.1, 0.15) is 5.76 Å². The van der Waals surface area contributed by atoms with Gasteiger partial charge in [-0.15, -0.1) is 11.3 Å². The number of nitrogens with two attached hydrogens (primary N) is 1. The van der Waals surface area contributed by atoms with Gasteiger partial charge < -0.3 is 10.2 Å². The predicted octanol–water partition coefficient (Wildman–Crippen LogP) is 3.01. The Balaban J connectivity index is 2.28. The van der Waals surface area contributed by atoms with E-state index in [1.165, 1.54) is 9.75 Å². The van der Waals surface area contributed by atoms with Crippen LogP contribution in [0.4, 0.5) is 0 Å². The highest BCUT2D eigenvalue weighted by Crippen LogP contribution is 2.27. The summed E-state index contributed by atoms with van der Waals surface area (Å²) in [6.07, 6.45) is 1.73. The maximum Gasteiger partial charge on any atom is 0.101 e. The Kier molecular flexibility index (Phi) is 2.44. The molecule has 0 aromatic carbocycles. The molecule has 0 fully saturated rings. The van der Waals surface area contributed by atoms with Crippen molar-refractivity contribution in [3.8, 4) is 0 Å². The van der Waals surface area contributed by atoms with Crippen molar-refractivity contribution in [1.29, 1.82) is 0 Å². The van der Waals surface area contributed by atoms with Gasteiger partial charge in [0.2, 0.25) is 0 Å². The highest BCUT2D eigenvalue weighted by Gasteiger charge is 2.12. The fourth-order valence-electron chi connectivity index (χ4n) is 1.41. The van der Waals surface area contributed by atoms with E-state index >= 15 is 0 Å². The standard InChI is InChI=1S/C11H13NOS/c1-7-5-9(6-13-7)11(12)10-4-3-8(2)14-10/h3-6,11H,12H2,1-2H3. The van der Waals surface area contributed by atoms with Crippen LogP contribution in [0.2, 0.25) is 0 Å². The van der Waals surface area contributed by atoms with E-state index in [4.69, 9.17) is 10.2 Å². The van der Waals surface area contributed by atoms with Crippen LogP contribution in [-0.4, -0.2) is 0 Å². The zero-order valence-electron chi connectivity index (χ0n) is 8.28. The number of hydrogen-bond donors (Lipinski definition) is 1. The minimum absolute atomic E-state index is 0.0499. The van der Waals surface area contributed by atoms with E-state index < -0.39 is 0 Å². The molecule has 2 N–H and O–H groups in total. The minimum atomic E-state index is -0.0499. The molecule has 2 aromatic heterocycles. The third kappa shape index (κ3) is 1.74. The van der Waals surface area contributed by atoms with E-state index in [9.17, 15) is 0 Å². The monoisotopic (exact) mass is 207 g/mol. The lowest BCUT2D eigenvalue weighted by atomic mass is 10.1. The normalized spacial score (nSPS) is 13.1. The minimum Gasteiger partial charge on any atom is -0.469 e. The molecule has 0 aliphatic carbocycles. The molecule has 3 heteroatoms. The quantitative estimate of drug-likeness (QED) is 0.822. The van der Waals surface area contributed by atoms with E-state index in [1.54, 1.807) is 17.6 Å². The zero-order chi connectivity index (χ0) is 10.1. The first-order valence-electron chi connectivity index (χ1n) is 4.54. The second-order valence-corrected chi connectivity index (χ2v) is 4.74. The third-order valence-electron chi connectivity index (χ3n) is 2.18.